The summed E-state index contributed by atoms with van der Waals surface area (Å²) < 4.78 is 0. The van der Waals surface area contributed by atoms with E-state index in [4.69, 9.17) is 5.11 Å². The Labute approximate surface area is 71.8 Å². The van der Waals surface area contributed by atoms with E-state index in [1.54, 1.807) is 6.08 Å². The molecule has 12 heavy (non-hydrogen) atoms. The van der Waals surface area contributed by atoms with Gasteiger partial charge in [0.05, 0.1) is 12.7 Å². The predicted molar refractivity (Wildman–Crippen MR) is 47.6 cm³/mol. The van der Waals surface area contributed by atoms with Gasteiger partial charge < -0.3 is 10.2 Å². The van der Waals surface area contributed by atoms with Crippen LogP contribution in [0.25, 0.3) is 0 Å². The normalized spacial score (nSPS) is 13.5. The van der Waals surface area contributed by atoms with Crippen molar-refractivity contribution in [3.63, 3.8) is 0 Å². The van der Waals surface area contributed by atoms with Gasteiger partial charge in [-0.05, 0) is 5.56 Å². The van der Waals surface area contributed by atoms with E-state index in [0.717, 1.165) is 5.56 Å². The van der Waals surface area contributed by atoms with E-state index in [2.05, 4.69) is 0 Å². The Morgan fingerprint density at radius 3 is 2.50 bits per heavy atom. The van der Waals surface area contributed by atoms with Gasteiger partial charge in [-0.1, -0.05) is 42.5 Å². The quantitative estimate of drug-likeness (QED) is 0.660. The zero-order chi connectivity index (χ0) is 8.81. The zero-order valence-electron chi connectivity index (χ0n) is 6.72. The molecule has 0 aliphatic carbocycles. The Bertz CT molecular complexity index is 241. The lowest BCUT2D eigenvalue weighted by atomic mass is 10.1. The first-order valence-corrected chi connectivity index (χ1v) is 3.85. The highest BCUT2D eigenvalue weighted by atomic mass is 16.3. The molecule has 0 aromatic heterocycles. The number of aliphatic hydroxyl groups excluding tert-OH is 2. The summed E-state index contributed by atoms with van der Waals surface area (Å²) in [5.74, 6) is 0. The molecule has 2 heteroatoms. The molecule has 0 radical (unpaired) electrons. The molecule has 0 amide bonds. The topological polar surface area (TPSA) is 40.5 Å². The molecule has 0 aliphatic rings. The van der Waals surface area contributed by atoms with Crippen LogP contribution in [-0.4, -0.2) is 16.8 Å². The minimum atomic E-state index is -0.613. The van der Waals surface area contributed by atoms with Crippen molar-refractivity contribution in [3.8, 4) is 0 Å². The Hall–Kier alpha value is -1.12. The fourth-order valence-corrected chi connectivity index (χ4v) is 0.951. The van der Waals surface area contributed by atoms with Gasteiger partial charge in [-0.15, -0.1) is 0 Å². The monoisotopic (exact) mass is 164 g/mol. The maximum absolute atomic E-state index is 9.45. The summed E-state index contributed by atoms with van der Waals surface area (Å²) in [7, 11) is 0. The largest absolute Gasteiger partial charge is 0.392 e. The third-order valence-corrected chi connectivity index (χ3v) is 1.56. The van der Waals surface area contributed by atoms with Crippen molar-refractivity contribution in [2.45, 2.75) is 6.10 Å². The third kappa shape index (κ3) is 2.49. The standard InChI is InChI=1S/C10H12O2/c11-8-4-7-10(12)9-5-2-1-3-6-9/h1-7,10-12H,8H2/b7-4-. The van der Waals surface area contributed by atoms with Crippen molar-refractivity contribution in [2.75, 3.05) is 6.61 Å². The molecule has 0 spiro atoms. The lowest BCUT2D eigenvalue weighted by Gasteiger charge is -2.03. The second kappa shape index (κ2) is 4.70. The van der Waals surface area contributed by atoms with Crippen molar-refractivity contribution in [3.05, 3.63) is 48.0 Å². The van der Waals surface area contributed by atoms with E-state index in [9.17, 15) is 5.11 Å². The molecule has 0 bridgehead atoms. The van der Waals surface area contributed by atoms with Gasteiger partial charge >= 0.3 is 0 Å². The second-order valence-corrected chi connectivity index (χ2v) is 2.47. The van der Waals surface area contributed by atoms with Gasteiger partial charge in [-0.25, -0.2) is 0 Å². The maximum Gasteiger partial charge on any atom is 0.0972 e. The third-order valence-electron chi connectivity index (χ3n) is 1.56. The highest BCUT2D eigenvalue weighted by Gasteiger charge is 1.99. The molecule has 1 aromatic rings. The number of hydrogen-bond donors (Lipinski definition) is 2. The van der Waals surface area contributed by atoms with Crippen molar-refractivity contribution in [1.29, 1.82) is 0 Å². The molecule has 2 N–H and O–H groups in total. The Balaban J connectivity index is 2.65. The molecule has 0 saturated carbocycles. The fourth-order valence-electron chi connectivity index (χ4n) is 0.951. The van der Waals surface area contributed by atoms with E-state index in [1.165, 1.54) is 6.08 Å². The first-order chi connectivity index (χ1) is 5.84. The van der Waals surface area contributed by atoms with Gasteiger partial charge in [0.1, 0.15) is 0 Å². The Morgan fingerprint density at radius 2 is 1.92 bits per heavy atom. The van der Waals surface area contributed by atoms with Gasteiger partial charge in [0, 0.05) is 0 Å². The number of rotatable bonds is 3. The SMILES string of the molecule is OC/C=C\C(O)c1ccccc1. The Kier molecular flexibility index (Phi) is 3.51. The smallest absolute Gasteiger partial charge is 0.0972 e. The Morgan fingerprint density at radius 1 is 1.25 bits per heavy atom. The molecule has 1 atom stereocenters. The van der Waals surface area contributed by atoms with Crippen molar-refractivity contribution in [1.82, 2.24) is 0 Å². The van der Waals surface area contributed by atoms with Crippen molar-refractivity contribution < 1.29 is 10.2 Å². The van der Waals surface area contributed by atoms with E-state index in [0.29, 0.717) is 0 Å². The molecule has 1 aromatic carbocycles. The first-order valence-electron chi connectivity index (χ1n) is 3.85. The summed E-state index contributed by atoms with van der Waals surface area (Å²) in [5.41, 5.74) is 0.835. The summed E-state index contributed by atoms with van der Waals surface area (Å²) in [6.07, 6.45) is 2.48. The molecule has 2 nitrogen and oxygen atoms in total. The van der Waals surface area contributed by atoms with E-state index < -0.39 is 6.10 Å². The van der Waals surface area contributed by atoms with Gasteiger partial charge in [0.15, 0.2) is 0 Å². The molecular formula is C10H12O2. The van der Waals surface area contributed by atoms with Gasteiger partial charge in [0.2, 0.25) is 0 Å². The number of hydrogen-bond acceptors (Lipinski definition) is 2. The van der Waals surface area contributed by atoms with Crippen LogP contribution in [0.15, 0.2) is 42.5 Å². The maximum atomic E-state index is 9.45. The van der Waals surface area contributed by atoms with Crippen LogP contribution in [0.2, 0.25) is 0 Å². The molecule has 0 aliphatic heterocycles. The van der Waals surface area contributed by atoms with Crippen LogP contribution < -0.4 is 0 Å². The minimum Gasteiger partial charge on any atom is -0.392 e. The van der Waals surface area contributed by atoms with Crippen LogP contribution in [0.4, 0.5) is 0 Å². The van der Waals surface area contributed by atoms with Crippen LogP contribution in [0.5, 0.6) is 0 Å². The van der Waals surface area contributed by atoms with Crippen LogP contribution in [0.3, 0.4) is 0 Å². The van der Waals surface area contributed by atoms with Gasteiger partial charge in [-0.2, -0.15) is 0 Å². The van der Waals surface area contributed by atoms with Crippen LogP contribution in [0.1, 0.15) is 11.7 Å². The molecule has 0 saturated heterocycles. The number of aliphatic hydroxyl groups is 2. The molecule has 0 fully saturated rings. The van der Waals surface area contributed by atoms with E-state index in [1.807, 2.05) is 30.3 Å². The van der Waals surface area contributed by atoms with Gasteiger partial charge in [-0.3, -0.25) is 0 Å². The highest BCUT2D eigenvalue weighted by molar-refractivity contribution is 5.20. The lowest BCUT2D eigenvalue weighted by Crippen LogP contribution is -1.92. The lowest BCUT2D eigenvalue weighted by molar-refractivity contribution is 0.227. The van der Waals surface area contributed by atoms with Crippen molar-refractivity contribution >= 4 is 0 Å². The van der Waals surface area contributed by atoms with Crippen LogP contribution >= 0.6 is 0 Å². The molecule has 1 unspecified atom stereocenters. The zero-order valence-corrected chi connectivity index (χ0v) is 6.72. The summed E-state index contributed by atoms with van der Waals surface area (Å²) in [4.78, 5) is 0. The average molecular weight is 164 g/mol. The van der Waals surface area contributed by atoms with E-state index >= 15 is 0 Å². The second-order valence-electron chi connectivity index (χ2n) is 2.47. The van der Waals surface area contributed by atoms with Crippen LogP contribution in [0, 0.1) is 0 Å². The van der Waals surface area contributed by atoms with Crippen molar-refractivity contribution in [2.24, 2.45) is 0 Å². The minimum absolute atomic E-state index is 0.0378. The fraction of sp³-hybridized carbons (Fsp3) is 0.200. The van der Waals surface area contributed by atoms with Gasteiger partial charge in [0.25, 0.3) is 0 Å². The summed E-state index contributed by atoms with van der Waals surface area (Å²) >= 11 is 0. The van der Waals surface area contributed by atoms with E-state index in [-0.39, 0.29) is 6.61 Å². The molecule has 64 valence electrons. The molecule has 1 rings (SSSR count). The van der Waals surface area contributed by atoms with Crippen LogP contribution in [-0.2, 0) is 0 Å². The summed E-state index contributed by atoms with van der Waals surface area (Å²) in [5, 5.41) is 17.9. The average Bonchev–Trinajstić information content (AvgIpc) is 2.15. The first kappa shape index (κ1) is 8.97. The number of benzene rings is 1. The summed E-state index contributed by atoms with van der Waals surface area (Å²) in [6.45, 7) is -0.0378. The summed E-state index contributed by atoms with van der Waals surface area (Å²) in [6, 6.07) is 9.31. The molecule has 0 heterocycles. The highest BCUT2D eigenvalue weighted by Crippen LogP contribution is 2.12. The predicted octanol–water partition coefficient (Wildman–Crippen LogP) is 1.27. The molecular weight excluding hydrogens is 152 g/mol.